The van der Waals surface area contributed by atoms with E-state index in [1.54, 1.807) is 0 Å². The van der Waals surface area contributed by atoms with Crippen molar-refractivity contribution in [1.29, 1.82) is 0 Å². The summed E-state index contributed by atoms with van der Waals surface area (Å²) in [5.41, 5.74) is 0. The second-order valence-electron chi connectivity index (χ2n) is 6.75. The Morgan fingerprint density at radius 3 is 2.20 bits per heavy atom. The van der Waals surface area contributed by atoms with Crippen molar-refractivity contribution in [3.8, 4) is 0 Å². The number of nitrogens with zero attached hydrogens (tertiary/aromatic N) is 1. The van der Waals surface area contributed by atoms with Crippen LogP contribution in [0, 0.1) is 11.8 Å². The second kappa shape index (κ2) is 8.28. The molecule has 4 nitrogen and oxygen atoms in total. The second-order valence-corrected chi connectivity index (χ2v) is 6.75. The molecule has 0 spiro atoms. The summed E-state index contributed by atoms with van der Waals surface area (Å²) in [4.78, 5) is 25.7. The maximum atomic E-state index is 12.0. The van der Waals surface area contributed by atoms with Crippen LogP contribution in [0.25, 0.3) is 0 Å². The summed E-state index contributed by atoms with van der Waals surface area (Å²) < 4.78 is 0. The monoisotopic (exact) mass is 282 g/mol. The van der Waals surface area contributed by atoms with Crippen LogP contribution in [0.5, 0.6) is 0 Å². The summed E-state index contributed by atoms with van der Waals surface area (Å²) in [5, 5.41) is 3.10. The molecule has 0 atom stereocenters. The molecule has 2 amide bonds. The number of hydrogen-bond acceptors (Lipinski definition) is 2. The minimum Gasteiger partial charge on any atom is -0.353 e. The van der Waals surface area contributed by atoms with Crippen LogP contribution in [0.4, 0.5) is 0 Å². The van der Waals surface area contributed by atoms with Crippen LogP contribution in [-0.4, -0.2) is 35.8 Å². The van der Waals surface area contributed by atoms with E-state index in [2.05, 4.69) is 33.0 Å². The zero-order valence-corrected chi connectivity index (χ0v) is 13.4. The third kappa shape index (κ3) is 6.40. The molecule has 1 heterocycles. The molecule has 0 aromatic heterocycles. The summed E-state index contributed by atoms with van der Waals surface area (Å²) in [6, 6.07) is 0.248. The molecule has 1 rings (SSSR count). The molecule has 0 bridgehead atoms. The molecule has 0 aliphatic carbocycles. The van der Waals surface area contributed by atoms with E-state index in [0.717, 1.165) is 32.4 Å². The molecule has 0 unspecified atom stereocenters. The van der Waals surface area contributed by atoms with Crippen molar-refractivity contribution < 1.29 is 9.59 Å². The largest absolute Gasteiger partial charge is 0.353 e. The Morgan fingerprint density at radius 2 is 1.70 bits per heavy atom. The third-order valence-corrected chi connectivity index (χ3v) is 3.74. The molecule has 0 saturated carbocycles. The molecule has 0 radical (unpaired) electrons. The average Bonchev–Trinajstić information content (AvgIpc) is 2.36. The minimum absolute atomic E-state index is 0.158. The first-order valence-corrected chi connectivity index (χ1v) is 7.95. The Morgan fingerprint density at radius 1 is 1.10 bits per heavy atom. The fourth-order valence-electron chi connectivity index (χ4n) is 2.47. The third-order valence-electron chi connectivity index (χ3n) is 3.74. The number of hydrogen-bond donors (Lipinski definition) is 1. The van der Waals surface area contributed by atoms with Gasteiger partial charge in [0, 0.05) is 32.0 Å². The number of carbonyl (C=O) groups is 2. The first-order chi connectivity index (χ1) is 9.38. The molecule has 1 saturated heterocycles. The van der Waals surface area contributed by atoms with Crippen LogP contribution in [-0.2, 0) is 9.59 Å². The molecule has 1 fully saturated rings. The molecular formula is C16H30N2O2. The summed E-state index contributed by atoms with van der Waals surface area (Å²) in [5.74, 6) is 1.39. The van der Waals surface area contributed by atoms with Gasteiger partial charge in [-0.05, 0) is 31.1 Å². The molecular weight excluding hydrogens is 252 g/mol. The van der Waals surface area contributed by atoms with Crippen molar-refractivity contribution in [2.75, 3.05) is 13.1 Å². The maximum absolute atomic E-state index is 12.0. The van der Waals surface area contributed by atoms with Crippen molar-refractivity contribution in [3.05, 3.63) is 0 Å². The van der Waals surface area contributed by atoms with Crippen molar-refractivity contribution in [3.63, 3.8) is 0 Å². The van der Waals surface area contributed by atoms with E-state index in [4.69, 9.17) is 0 Å². The van der Waals surface area contributed by atoms with E-state index in [1.165, 1.54) is 0 Å². The molecule has 1 aliphatic rings. The Kier molecular flexibility index (Phi) is 7.03. The molecule has 1 aliphatic heterocycles. The van der Waals surface area contributed by atoms with E-state index in [9.17, 15) is 9.59 Å². The van der Waals surface area contributed by atoms with Gasteiger partial charge in [0.1, 0.15) is 0 Å². The van der Waals surface area contributed by atoms with Gasteiger partial charge in [-0.1, -0.05) is 27.7 Å². The van der Waals surface area contributed by atoms with Crippen LogP contribution in [0.2, 0.25) is 0 Å². The van der Waals surface area contributed by atoms with Crippen LogP contribution >= 0.6 is 0 Å². The maximum Gasteiger partial charge on any atom is 0.222 e. The molecule has 1 N–H and O–H groups in total. The molecule has 20 heavy (non-hydrogen) atoms. The van der Waals surface area contributed by atoms with Gasteiger partial charge in [0.25, 0.3) is 0 Å². The highest BCUT2D eigenvalue weighted by atomic mass is 16.2. The SMILES string of the molecule is CC(C)CCC(=O)NC1CCN(C(=O)CC(C)C)CC1. The number of nitrogens with one attached hydrogen (secondary N) is 1. The minimum atomic E-state index is 0.158. The normalized spacial score (nSPS) is 16.8. The quantitative estimate of drug-likeness (QED) is 0.814. The van der Waals surface area contributed by atoms with Crippen molar-refractivity contribution in [1.82, 2.24) is 10.2 Å². The fourth-order valence-corrected chi connectivity index (χ4v) is 2.47. The first kappa shape index (κ1) is 17.0. The highest BCUT2D eigenvalue weighted by Gasteiger charge is 2.23. The van der Waals surface area contributed by atoms with Gasteiger partial charge >= 0.3 is 0 Å². The van der Waals surface area contributed by atoms with Gasteiger partial charge in [0.15, 0.2) is 0 Å². The Balaban J connectivity index is 2.25. The zero-order chi connectivity index (χ0) is 15.1. The fraction of sp³-hybridized carbons (Fsp3) is 0.875. The predicted molar refractivity (Wildman–Crippen MR) is 81.3 cm³/mol. The van der Waals surface area contributed by atoms with E-state index in [-0.39, 0.29) is 17.9 Å². The zero-order valence-electron chi connectivity index (χ0n) is 13.4. The van der Waals surface area contributed by atoms with E-state index in [1.807, 2.05) is 4.90 Å². The molecule has 0 aromatic rings. The number of amides is 2. The summed E-state index contributed by atoms with van der Waals surface area (Å²) in [7, 11) is 0. The van der Waals surface area contributed by atoms with Gasteiger partial charge in [0.2, 0.25) is 11.8 Å². The Labute approximate surface area is 123 Å². The molecule has 116 valence electrons. The van der Waals surface area contributed by atoms with Crippen LogP contribution in [0.15, 0.2) is 0 Å². The highest BCUT2D eigenvalue weighted by Crippen LogP contribution is 2.14. The van der Waals surface area contributed by atoms with Crippen molar-refractivity contribution >= 4 is 11.8 Å². The number of carbonyl (C=O) groups excluding carboxylic acids is 2. The standard InChI is InChI=1S/C16H30N2O2/c1-12(2)5-6-15(19)17-14-7-9-18(10-8-14)16(20)11-13(3)4/h12-14H,5-11H2,1-4H3,(H,17,19). The smallest absolute Gasteiger partial charge is 0.222 e. The van der Waals surface area contributed by atoms with Crippen LogP contribution < -0.4 is 5.32 Å². The summed E-state index contributed by atoms with van der Waals surface area (Å²) in [6.07, 6.45) is 3.96. The van der Waals surface area contributed by atoms with Gasteiger partial charge in [-0.15, -0.1) is 0 Å². The summed E-state index contributed by atoms with van der Waals surface area (Å²) >= 11 is 0. The van der Waals surface area contributed by atoms with Crippen LogP contribution in [0.3, 0.4) is 0 Å². The lowest BCUT2D eigenvalue weighted by atomic mass is 10.0. The number of likely N-dealkylation sites (tertiary alicyclic amines) is 1. The lowest BCUT2D eigenvalue weighted by Crippen LogP contribution is -2.46. The number of rotatable bonds is 6. The van der Waals surface area contributed by atoms with E-state index >= 15 is 0 Å². The van der Waals surface area contributed by atoms with Crippen LogP contribution in [0.1, 0.15) is 59.8 Å². The lowest BCUT2D eigenvalue weighted by molar-refractivity contribution is -0.133. The van der Waals surface area contributed by atoms with Gasteiger partial charge in [-0.3, -0.25) is 9.59 Å². The summed E-state index contributed by atoms with van der Waals surface area (Å²) in [6.45, 7) is 9.96. The predicted octanol–water partition coefficient (Wildman–Crippen LogP) is 2.58. The topological polar surface area (TPSA) is 49.4 Å². The Bertz CT molecular complexity index is 318. The molecule has 0 aromatic carbocycles. The molecule has 4 heteroatoms. The van der Waals surface area contributed by atoms with Crippen molar-refractivity contribution in [2.45, 2.75) is 65.8 Å². The van der Waals surface area contributed by atoms with Gasteiger partial charge < -0.3 is 10.2 Å². The average molecular weight is 282 g/mol. The first-order valence-electron chi connectivity index (χ1n) is 7.95. The van der Waals surface area contributed by atoms with E-state index in [0.29, 0.717) is 24.7 Å². The number of piperidine rings is 1. The Hall–Kier alpha value is -1.06. The van der Waals surface area contributed by atoms with Gasteiger partial charge in [-0.2, -0.15) is 0 Å². The van der Waals surface area contributed by atoms with Crippen molar-refractivity contribution in [2.24, 2.45) is 11.8 Å². The van der Waals surface area contributed by atoms with E-state index < -0.39 is 0 Å². The highest BCUT2D eigenvalue weighted by molar-refractivity contribution is 5.77. The van der Waals surface area contributed by atoms with Gasteiger partial charge in [-0.25, -0.2) is 0 Å². The lowest BCUT2D eigenvalue weighted by Gasteiger charge is -2.33. The van der Waals surface area contributed by atoms with Gasteiger partial charge in [0.05, 0.1) is 0 Å².